The van der Waals surface area contributed by atoms with Crippen molar-refractivity contribution in [2.45, 2.75) is 76.7 Å². The van der Waals surface area contributed by atoms with Gasteiger partial charge in [0.2, 0.25) is 5.91 Å². The number of anilines is 2. The van der Waals surface area contributed by atoms with Crippen LogP contribution in [0.4, 0.5) is 11.4 Å². The molecule has 2 aliphatic heterocycles. The lowest BCUT2D eigenvalue weighted by Crippen LogP contribution is -2.47. The molecule has 2 N–H and O–H groups in total. The first kappa shape index (κ1) is 38.6. The SMILES string of the molecule is CN(C)C(=O)CC1CCC(CCN2CCN(c3cccc4ccsc34)CC2)CC1.NC1CCC(CCN2CCN(c3cccc4ccsc34)CC2)CC1. The van der Waals surface area contributed by atoms with Crippen molar-refractivity contribution in [2.75, 3.05) is 89.3 Å². The van der Waals surface area contributed by atoms with Gasteiger partial charge in [0, 0.05) is 78.9 Å². The van der Waals surface area contributed by atoms with Crippen LogP contribution in [-0.4, -0.2) is 106 Å². The van der Waals surface area contributed by atoms with Crippen LogP contribution in [0.1, 0.15) is 70.6 Å². The molecule has 2 aromatic carbocycles. The van der Waals surface area contributed by atoms with Crippen molar-refractivity contribution in [2.24, 2.45) is 23.5 Å². The molecular weight excluding hydrogens is 693 g/mol. The third-order valence-electron chi connectivity index (χ3n) is 12.9. The third kappa shape index (κ3) is 10.3. The maximum Gasteiger partial charge on any atom is 0.222 e. The Balaban J connectivity index is 0.000000167. The van der Waals surface area contributed by atoms with E-state index in [9.17, 15) is 4.79 Å². The van der Waals surface area contributed by atoms with Gasteiger partial charge in [-0.3, -0.25) is 14.6 Å². The van der Waals surface area contributed by atoms with E-state index in [1.54, 1.807) is 4.90 Å². The molecule has 7 nitrogen and oxygen atoms in total. The number of carbonyl (C=O) groups excluding carboxylic acids is 1. The second kappa shape index (κ2) is 18.8. The smallest absolute Gasteiger partial charge is 0.222 e. The van der Waals surface area contributed by atoms with Crippen molar-refractivity contribution in [3.8, 4) is 0 Å². The molecule has 0 bridgehead atoms. The Morgan fingerprint density at radius 2 is 1.06 bits per heavy atom. The summed E-state index contributed by atoms with van der Waals surface area (Å²) in [5.74, 6) is 2.69. The summed E-state index contributed by atoms with van der Waals surface area (Å²) in [5.41, 5.74) is 8.88. The number of amides is 1. The molecular formula is C44H64N6OS2. The first-order chi connectivity index (χ1) is 25.9. The molecule has 2 aliphatic carbocycles. The molecule has 0 spiro atoms. The summed E-state index contributed by atoms with van der Waals surface area (Å²) in [6, 6.07) is 18.3. The van der Waals surface area contributed by atoms with Gasteiger partial charge in [0.25, 0.3) is 0 Å². The quantitative estimate of drug-likeness (QED) is 0.175. The Bertz CT molecular complexity index is 1700. The highest BCUT2D eigenvalue weighted by atomic mass is 32.1. The fraction of sp³-hybridized carbons (Fsp3) is 0.614. The van der Waals surface area contributed by atoms with Crippen molar-refractivity contribution in [1.29, 1.82) is 0 Å². The van der Waals surface area contributed by atoms with E-state index >= 15 is 0 Å². The number of rotatable bonds is 10. The predicted molar refractivity (Wildman–Crippen MR) is 229 cm³/mol. The molecule has 0 radical (unpaired) electrons. The van der Waals surface area contributed by atoms with Crippen LogP contribution in [0.15, 0.2) is 59.3 Å². The Labute approximate surface area is 327 Å². The van der Waals surface area contributed by atoms with Gasteiger partial charge in [0.05, 0.1) is 20.8 Å². The highest BCUT2D eigenvalue weighted by Crippen LogP contribution is 2.35. The van der Waals surface area contributed by atoms with E-state index in [1.165, 1.54) is 135 Å². The molecule has 4 fully saturated rings. The zero-order valence-corrected chi connectivity index (χ0v) is 34.1. The summed E-state index contributed by atoms with van der Waals surface area (Å²) in [6.07, 6.45) is 13.7. The normalized spacial score (nSPS) is 24.7. The van der Waals surface area contributed by atoms with Crippen LogP contribution in [0.5, 0.6) is 0 Å². The number of nitrogens with zero attached hydrogens (tertiary/aromatic N) is 5. The predicted octanol–water partition coefficient (Wildman–Crippen LogP) is 8.63. The van der Waals surface area contributed by atoms with E-state index in [2.05, 4.69) is 78.9 Å². The number of hydrogen-bond acceptors (Lipinski definition) is 8. The second-order valence-electron chi connectivity index (χ2n) is 16.6. The molecule has 2 saturated carbocycles. The molecule has 4 aromatic rings. The maximum atomic E-state index is 11.9. The van der Waals surface area contributed by atoms with Crippen molar-refractivity contribution in [3.05, 3.63) is 59.3 Å². The van der Waals surface area contributed by atoms with Crippen LogP contribution in [0.25, 0.3) is 20.2 Å². The Kier molecular flexibility index (Phi) is 13.7. The molecule has 2 saturated heterocycles. The van der Waals surface area contributed by atoms with Crippen LogP contribution >= 0.6 is 22.7 Å². The van der Waals surface area contributed by atoms with Gasteiger partial charge in [0.15, 0.2) is 0 Å². The minimum absolute atomic E-state index is 0.296. The second-order valence-corrected chi connectivity index (χ2v) is 18.5. The Hall–Kier alpha value is -2.69. The van der Waals surface area contributed by atoms with Crippen molar-refractivity contribution in [1.82, 2.24) is 14.7 Å². The van der Waals surface area contributed by atoms with Gasteiger partial charge in [-0.2, -0.15) is 0 Å². The van der Waals surface area contributed by atoms with Crippen molar-refractivity contribution < 1.29 is 4.79 Å². The number of fused-ring (bicyclic) bond motifs is 2. The van der Waals surface area contributed by atoms with Gasteiger partial charge in [-0.05, 0) is 128 Å². The highest BCUT2D eigenvalue weighted by Gasteiger charge is 2.26. The average Bonchev–Trinajstić information content (AvgIpc) is 3.89. The van der Waals surface area contributed by atoms with Crippen LogP contribution in [-0.2, 0) is 4.79 Å². The number of piperazine rings is 2. The third-order valence-corrected chi connectivity index (χ3v) is 14.8. The molecule has 2 aromatic heterocycles. The summed E-state index contributed by atoms with van der Waals surface area (Å²) in [7, 11) is 3.74. The molecule has 288 valence electrons. The lowest BCUT2D eigenvalue weighted by molar-refractivity contribution is -0.130. The molecule has 1 amide bonds. The number of thiophene rings is 2. The summed E-state index contributed by atoms with van der Waals surface area (Å²) < 4.78 is 2.88. The summed E-state index contributed by atoms with van der Waals surface area (Å²) in [4.78, 5) is 24.1. The van der Waals surface area contributed by atoms with Gasteiger partial charge in [-0.15, -0.1) is 22.7 Å². The standard InChI is InChI=1S/C24H35N3OS.C20H29N3S/c1-25(2)23(28)18-20-8-6-19(7-9-20)10-12-26-13-15-27(16-14-26)22-5-3-4-21-11-17-29-24(21)22;21-18-6-4-16(5-7-18)8-10-22-11-13-23(14-12-22)19-3-1-2-17-9-15-24-20(17)19/h3-5,11,17,19-20H,6-10,12-16,18H2,1-2H3;1-3,9,15-16,18H,4-8,10-14,21H2. The number of benzene rings is 2. The zero-order valence-electron chi connectivity index (χ0n) is 32.5. The Morgan fingerprint density at radius 3 is 1.51 bits per heavy atom. The van der Waals surface area contributed by atoms with Gasteiger partial charge in [-0.1, -0.05) is 37.1 Å². The van der Waals surface area contributed by atoms with Crippen LogP contribution in [0, 0.1) is 17.8 Å². The zero-order chi connectivity index (χ0) is 36.6. The Morgan fingerprint density at radius 1 is 0.623 bits per heavy atom. The monoisotopic (exact) mass is 756 g/mol. The fourth-order valence-electron chi connectivity index (χ4n) is 9.24. The van der Waals surface area contributed by atoms with Gasteiger partial charge < -0.3 is 20.4 Å². The van der Waals surface area contributed by atoms with Crippen LogP contribution < -0.4 is 15.5 Å². The summed E-state index contributed by atoms with van der Waals surface area (Å²) >= 11 is 3.74. The topological polar surface area (TPSA) is 59.3 Å². The average molecular weight is 757 g/mol. The van der Waals surface area contributed by atoms with E-state index in [4.69, 9.17) is 5.73 Å². The van der Waals surface area contributed by atoms with Gasteiger partial charge in [-0.25, -0.2) is 0 Å². The van der Waals surface area contributed by atoms with E-state index in [0.29, 0.717) is 17.9 Å². The summed E-state index contributed by atoms with van der Waals surface area (Å²) in [5, 5.41) is 7.17. The molecule has 0 atom stereocenters. The lowest BCUT2D eigenvalue weighted by atomic mass is 9.79. The van der Waals surface area contributed by atoms with Crippen LogP contribution in [0.3, 0.4) is 0 Å². The van der Waals surface area contributed by atoms with Crippen molar-refractivity contribution >= 4 is 60.1 Å². The molecule has 8 rings (SSSR count). The molecule has 0 unspecified atom stereocenters. The molecule has 4 heterocycles. The highest BCUT2D eigenvalue weighted by molar-refractivity contribution is 7.18. The number of carbonyl (C=O) groups is 1. The largest absolute Gasteiger partial charge is 0.368 e. The van der Waals surface area contributed by atoms with E-state index < -0.39 is 0 Å². The van der Waals surface area contributed by atoms with Crippen LogP contribution in [0.2, 0.25) is 0 Å². The van der Waals surface area contributed by atoms with E-state index in [1.807, 2.05) is 36.8 Å². The minimum atomic E-state index is 0.296. The number of hydrogen-bond donors (Lipinski definition) is 1. The summed E-state index contributed by atoms with van der Waals surface area (Å²) in [6.45, 7) is 11.9. The van der Waals surface area contributed by atoms with Crippen molar-refractivity contribution in [3.63, 3.8) is 0 Å². The molecule has 9 heteroatoms. The van der Waals surface area contributed by atoms with E-state index in [0.717, 1.165) is 44.4 Å². The van der Waals surface area contributed by atoms with Gasteiger partial charge >= 0.3 is 0 Å². The minimum Gasteiger partial charge on any atom is -0.368 e. The first-order valence-corrected chi connectivity index (χ1v) is 22.5. The molecule has 53 heavy (non-hydrogen) atoms. The molecule has 4 aliphatic rings. The lowest BCUT2D eigenvalue weighted by Gasteiger charge is -2.37. The van der Waals surface area contributed by atoms with Gasteiger partial charge in [0.1, 0.15) is 0 Å². The fourth-order valence-corrected chi connectivity index (χ4v) is 11.1. The van der Waals surface area contributed by atoms with E-state index in [-0.39, 0.29) is 0 Å². The number of nitrogens with two attached hydrogens (primary N) is 1. The first-order valence-electron chi connectivity index (χ1n) is 20.7. The maximum absolute atomic E-state index is 11.9.